The van der Waals surface area contributed by atoms with Crippen LogP contribution in [0.5, 0.6) is 0 Å². The second kappa shape index (κ2) is 7.29. The van der Waals surface area contributed by atoms with Gasteiger partial charge in [0, 0.05) is 55.9 Å². The molecule has 4 nitrogen and oxygen atoms in total. The summed E-state index contributed by atoms with van der Waals surface area (Å²) in [6, 6.07) is 19.5. The molecule has 0 radical (unpaired) electrons. The first-order chi connectivity index (χ1) is 13.4. The average Bonchev–Trinajstić information content (AvgIpc) is 3.16. The number of rotatable bonds is 4. The molecular formula is C23H25N3O. The van der Waals surface area contributed by atoms with Crippen LogP contribution < -0.4 is 4.90 Å². The summed E-state index contributed by atoms with van der Waals surface area (Å²) in [5, 5.41) is 1.21. The van der Waals surface area contributed by atoms with Crippen molar-refractivity contribution in [3.05, 3.63) is 71.4 Å². The van der Waals surface area contributed by atoms with Crippen LogP contribution in [0.2, 0.25) is 0 Å². The lowest BCUT2D eigenvalue weighted by Crippen LogP contribution is -2.36. The predicted octanol–water partition coefficient (Wildman–Crippen LogP) is 3.63. The monoisotopic (exact) mass is 359 g/mol. The van der Waals surface area contributed by atoms with E-state index in [0.717, 1.165) is 57.9 Å². The van der Waals surface area contributed by atoms with Crippen molar-refractivity contribution in [2.45, 2.75) is 19.5 Å². The van der Waals surface area contributed by atoms with Crippen molar-refractivity contribution in [3.8, 4) is 0 Å². The van der Waals surface area contributed by atoms with Gasteiger partial charge < -0.3 is 9.64 Å². The first kappa shape index (κ1) is 16.7. The number of fused-ring (bicyclic) bond motifs is 2. The topological polar surface area (TPSA) is 28.6 Å². The molecule has 3 aromatic rings. The predicted molar refractivity (Wildman–Crippen MR) is 109 cm³/mol. The molecule has 3 heterocycles. The van der Waals surface area contributed by atoms with E-state index in [4.69, 9.17) is 9.72 Å². The second-order valence-electron chi connectivity index (χ2n) is 7.47. The molecular weight excluding hydrogens is 334 g/mol. The molecule has 2 aliphatic rings. The van der Waals surface area contributed by atoms with E-state index in [1.54, 1.807) is 0 Å². The summed E-state index contributed by atoms with van der Waals surface area (Å²) < 4.78 is 5.52. The smallest absolute Gasteiger partial charge is 0.0705 e. The van der Waals surface area contributed by atoms with Crippen molar-refractivity contribution in [1.29, 1.82) is 0 Å². The fourth-order valence-electron chi connectivity index (χ4n) is 4.25. The Balaban J connectivity index is 1.28. The summed E-state index contributed by atoms with van der Waals surface area (Å²) in [5.41, 5.74) is 6.66. The van der Waals surface area contributed by atoms with Crippen LogP contribution in [0.25, 0.3) is 10.9 Å². The van der Waals surface area contributed by atoms with Crippen LogP contribution in [0.1, 0.15) is 16.8 Å². The van der Waals surface area contributed by atoms with E-state index in [1.165, 1.54) is 27.9 Å². The molecule has 27 heavy (non-hydrogen) atoms. The van der Waals surface area contributed by atoms with Gasteiger partial charge in [0.05, 0.1) is 18.7 Å². The minimum absolute atomic E-state index is 0.834. The summed E-state index contributed by atoms with van der Waals surface area (Å²) >= 11 is 0. The standard InChI is InChI=1S/C23H25N3O/c1-2-6-22-18(4-1)8-9-20(24-22)10-11-25-16-19-5-3-7-23(21(19)17-25)26-12-14-27-15-13-26/h1-9H,10-17H2. The number of anilines is 1. The summed E-state index contributed by atoms with van der Waals surface area (Å²) in [6.45, 7) is 6.79. The largest absolute Gasteiger partial charge is 0.378 e. The van der Waals surface area contributed by atoms with Crippen LogP contribution in [-0.2, 0) is 24.2 Å². The highest BCUT2D eigenvalue weighted by atomic mass is 16.5. The third-order valence-electron chi connectivity index (χ3n) is 5.72. The fourth-order valence-corrected chi connectivity index (χ4v) is 4.25. The zero-order chi connectivity index (χ0) is 18.1. The number of nitrogens with zero attached hydrogens (tertiary/aromatic N) is 3. The van der Waals surface area contributed by atoms with Crippen molar-refractivity contribution in [1.82, 2.24) is 9.88 Å². The Labute approximate surface area is 160 Å². The van der Waals surface area contributed by atoms with Gasteiger partial charge >= 0.3 is 0 Å². The minimum atomic E-state index is 0.834. The number of pyridine rings is 1. The Kier molecular flexibility index (Phi) is 4.52. The van der Waals surface area contributed by atoms with Gasteiger partial charge in [-0.25, -0.2) is 0 Å². The molecule has 0 amide bonds. The molecule has 0 saturated carbocycles. The normalized spacial score (nSPS) is 17.4. The van der Waals surface area contributed by atoms with Crippen molar-refractivity contribution in [3.63, 3.8) is 0 Å². The van der Waals surface area contributed by atoms with E-state index in [2.05, 4.69) is 64.4 Å². The average molecular weight is 359 g/mol. The third-order valence-corrected chi connectivity index (χ3v) is 5.72. The van der Waals surface area contributed by atoms with Crippen molar-refractivity contribution in [2.24, 2.45) is 0 Å². The number of hydrogen-bond acceptors (Lipinski definition) is 4. The van der Waals surface area contributed by atoms with E-state index in [0.29, 0.717) is 0 Å². The molecule has 138 valence electrons. The first-order valence-electron chi connectivity index (χ1n) is 9.87. The van der Waals surface area contributed by atoms with E-state index >= 15 is 0 Å². The van der Waals surface area contributed by atoms with Gasteiger partial charge in [0.1, 0.15) is 0 Å². The summed E-state index contributed by atoms with van der Waals surface area (Å²) in [4.78, 5) is 9.86. The maximum atomic E-state index is 5.52. The second-order valence-corrected chi connectivity index (χ2v) is 7.47. The van der Waals surface area contributed by atoms with Gasteiger partial charge in [-0.15, -0.1) is 0 Å². The highest BCUT2D eigenvalue weighted by Crippen LogP contribution is 2.32. The lowest BCUT2D eigenvalue weighted by Gasteiger charge is -2.30. The highest BCUT2D eigenvalue weighted by molar-refractivity contribution is 5.78. The third kappa shape index (κ3) is 3.43. The highest BCUT2D eigenvalue weighted by Gasteiger charge is 2.24. The van der Waals surface area contributed by atoms with Crippen LogP contribution in [0.3, 0.4) is 0 Å². The lowest BCUT2D eigenvalue weighted by atomic mass is 10.1. The van der Waals surface area contributed by atoms with Gasteiger partial charge in [-0.2, -0.15) is 0 Å². The SMILES string of the molecule is c1cc2c(c(N3CCOCC3)c1)CN(CCc1ccc3ccccc3n1)C2. The van der Waals surface area contributed by atoms with Crippen LogP contribution >= 0.6 is 0 Å². The van der Waals surface area contributed by atoms with E-state index in [1.807, 2.05) is 0 Å². The number of hydrogen-bond donors (Lipinski definition) is 0. The summed E-state index contributed by atoms with van der Waals surface area (Å²) in [5.74, 6) is 0. The molecule has 1 fully saturated rings. The van der Waals surface area contributed by atoms with Crippen LogP contribution in [0, 0.1) is 0 Å². The van der Waals surface area contributed by atoms with Gasteiger partial charge in [0.2, 0.25) is 0 Å². The van der Waals surface area contributed by atoms with E-state index in [-0.39, 0.29) is 0 Å². The molecule has 1 saturated heterocycles. The van der Waals surface area contributed by atoms with Gasteiger partial charge in [-0.1, -0.05) is 36.4 Å². The van der Waals surface area contributed by atoms with Gasteiger partial charge in [-0.05, 0) is 29.3 Å². The Morgan fingerprint density at radius 2 is 1.78 bits per heavy atom. The quantitative estimate of drug-likeness (QED) is 0.711. The van der Waals surface area contributed by atoms with Crippen LogP contribution in [0.4, 0.5) is 5.69 Å². The minimum Gasteiger partial charge on any atom is -0.378 e. The molecule has 0 bridgehead atoms. The van der Waals surface area contributed by atoms with Crippen LogP contribution in [0.15, 0.2) is 54.6 Å². The first-order valence-corrected chi connectivity index (χ1v) is 9.87. The van der Waals surface area contributed by atoms with Gasteiger partial charge in [-0.3, -0.25) is 9.88 Å². The zero-order valence-electron chi connectivity index (χ0n) is 15.6. The Hall–Kier alpha value is -2.43. The lowest BCUT2D eigenvalue weighted by molar-refractivity contribution is 0.122. The molecule has 0 N–H and O–H groups in total. The van der Waals surface area contributed by atoms with Crippen molar-refractivity contribution in [2.75, 3.05) is 37.7 Å². The Morgan fingerprint density at radius 1 is 0.889 bits per heavy atom. The van der Waals surface area contributed by atoms with E-state index in [9.17, 15) is 0 Å². The van der Waals surface area contributed by atoms with E-state index < -0.39 is 0 Å². The van der Waals surface area contributed by atoms with Gasteiger partial charge in [0.15, 0.2) is 0 Å². The van der Waals surface area contributed by atoms with Crippen molar-refractivity contribution < 1.29 is 4.74 Å². The Morgan fingerprint density at radius 3 is 2.70 bits per heavy atom. The molecule has 0 spiro atoms. The summed E-state index contributed by atoms with van der Waals surface area (Å²) in [7, 11) is 0. The van der Waals surface area contributed by atoms with Crippen LogP contribution in [-0.4, -0.2) is 42.7 Å². The number of ether oxygens (including phenoxy) is 1. The van der Waals surface area contributed by atoms with Crippen molar-refractivity contribution >= 4 is 16.6 Å². The molecule has 5 rings (SSSR count). The molecule has 2 aromatic carbocycles. The molecule has 1 aromatic heterocycles. The fraction of sp³-hybridized carbons (Fsp3) is 0.348. The maximum absolute atomic E-state index is 5.52. The molecule has 2 aliphatic heterocycles. The molecule has 4 heteroatoms. The Bertz CT molecular complexity index is 949. The number of para-hydroxylation sites is 1. The van der Waals surface area contributed by atoms with Gasteiger partial charge in [0.25, 0.3) is 0 Å². The maximum Gasteiger partial charge on any atom is 0.0705 e. The number of benzene rings is 2. The summed E-state index contributed by atoms with van der Waals surface area (Å²) in [6.07, 6.45) is 0.992. The molecule has 0 unspecified atom stereocenters. The zero-order valence-corrected chi connectivity index (χ0v) is 15.6. The molecule has 0 atom stereocenters. The number of aromatic nitrogens is 1. The molecule has 0 aliphatic carbocycles. The number of morpholine rings is 1.